The van der Waals surface area contributed by atoms with Crippen molar-refractivity contribution in [3.8, 4) is 5.69 Å². The van der Waals surface area contributed by atoms with Gasteiger partial charge in [0, 0.05) is 22.5 Å². The molecule has 0 saturated carbocycles. The highest BCUT2D eigenvalue weighted by Crippen LogP contribution is 2.51. The van der Waals surface area contributed by atoms with Crippen molar-refractivity contribution in [2.45, 2.75) is 32.2 Å². The second kappa shape index (κ2) is 8.45. The third kappa shape index (κ3) is 3.43. The van der Waals surface area contributed by atoms with Crippen LogP contribution < -0.4 is 10.6 Å². The molecule has 0 saturated heterocycles. The van der Waals surface area contributed by atoms with Gasteiger partial charge in [-0.2, -0.15) is 0 Å². The van der Waals surface area contributed by atoms with Crippen LogP contribution in [-0.2, 0) is 12.0 Å². The molecule has 0 radical (unpaired) electrons. The minimum absolute atomic E-state index is 0.105. The molecule has 1 heterocycles. The first kappa shape index (κ1) is 22.1. The van der Waals surface area contributed by atoms with Gasteiger partial charge in [-0.1, -0.05) is 105 Å². The largest absolute Gasteiger partial charge is 0.309 e. The maximum absolute atomic E-state index is 4.74. The van der Waals surface area contributed by atoms with E-state index >= 15 is 0 Å². The number of fused-ring (bicyclic) bond motifs is 6. The monoisotopic (exact) mass is 478 g/mol. The smallest absolute Gasteiger partial charge is 0.0639 e. The molecule has 0 aliphatic heterocycles. The molecule has 0 bridgehead atoms. The van der Waals surface area contributed by atoms with Gasteiger partial charge in [0.1, 0.15) is 0 Å². The van der Waals surface area contributed by atoms with Crippen LogP contribution in [0.25, 0.3) is 28.2 Å². The van der Waals surface area contributed by atoms with E-state index < -0.39 is 0 Å². The number of hydrogen-bond acceptors (Lipinski definition) is 1. The number of para-hydroxylation sites is 1. The fraction of sp³-hybridized carbons (Fsp3) is 0.171. The van der Waals surface area contributed by atoms with Gasteiger partial charge in [0.05, 0.1) is 17.4 Å². The van der Waals surface area contributed by atoms with Gasteiger partial charge in [-0.3, -0.25) is 4.99 Å². The fourth-order valence-corrected chi connectivity index (χ4v) is 6.55. The Morgan fingerprint density at radius 1 is 0.865 bits per heavy atom. The number of rotatable bonds is 4. The average Bonchev–Trinajstić information content (AvgIpc) is 3.39. The van der Waals surface area contributed by atoms with Crippen molar-refractivity contribution in [2.24, 2.45) is 10.9 Å². The zero-order valence-electron chi connectivity index (χ0n) is 21.4. The first-order chi connectivity index (χ1) is 18.1. The molecule has 7 rings (SSSR count). The van der Waals surface area contributed by atoms with Gasteiger partial charge in [0.25, 0.3) is 0 Å². The standard InChI is InChI=1S/C35H30N2/c1-35(2)30-17-8-6-16-29(30)33-31(35)20-19-28-27-15-7-9-18-32(27)37(34(28)33)26-14-10-13-25(21-26)23-36-22-24-11-4-3-5-12-24/h3-19,21,23,31H,20,22H2,1-2H3. The Kier molecular flexibility index (Phi) is 5.04. The number of aliphatic imine (C=N–C) groups is 1. The lowest BCUT2D eigenvalue weighted by molar-refractivity contribution is 0.419. The Balaban J connectivity index is 1.45. The van der Waals surface area contributed by atoms with E-state index in [-0.39, 0.29) is 5.41 Å². The molecule has 37 heavy (non-hydrogen) atoms. The Bertz CT molecular complexity index is 1800. The van der Waals surface area contributed by atoms with Crippen LogP contribution in [0.4, 0.5) is 0 Å². The third-order valence-electron chi connectivity index (χ3n) is 8.34. The fourth-order valence-electron chi connectivity index (χ4n) is 6.55. The first-order valence-electron chi connectivity index (χ1n) is 13.2. The van der Waals surface area contributed by atoms with Gasteiger partial charge in [-0.25, -0.2) is 0 Å². The van der Waals surface area contributed by atoms with Crippen LogP contribution in [0.3, 0.4) is 0 Å². The first-order valence-corrected chi connectivity index (χ1v) is 13.2. The molecular formula is C35H30N2. The normalized spacial score (nSPS) is 17.5. The lowest BCUT2D eigenvalue weighted by Crippen LogP contribution is -2.38. The van der Waals surface area contributed by atoms with Crippen LogP contribution >= 0.6 is 0 Å². The highest BCUT2D eigenvalue weighted by Gasteiger charge is 2.44. The number of nitrogens with zero attached hydrogens (tertiary/aromatic N) is 2. The van der Waals surface area contributed by atoms with Crippen LogP contribution in [0.5, 0.6) is 0 Å². The molecule has 180 valence electrons. The highest BCUT2D eigenvalue weighted by molar-refractivity contribution is 5.89. The summed E-state index contributed by atoms with van der Waals surface area (Å²) in [5, 5.41) is 4.06. The maximum Gasteiger partial charge on any atom is 0.0639 e. The van der Waals surface area contributed by atoms with E-state index in [9.17, 15) is 0 Å². The number of benzene rings is 4. The molecule has 1 unspecified atom stereocenters. The quantitative estimate of drug-likeness (QED) is 0.261. The summed E-state index contributed by atoms with van der Waals surface area (Å²) < 4.78 is 2.50. The van der Waals surface area contributed by atoms with Crippen molar-refractivity contribution in [1.82, 2.24) is 4.57 Å². The predicted molar refractivity (Wildman–Crippen MR) is 155 cm³/mol. The molecule has 0 fully saturated rings. The summed E-state index contributed by atoms with van der Waals surface area (Å²) >= 11 is 0. The van der Waals surface area contributed by atoms with E-state index in [1.54, 1.807) is 0 Å². The zero-order chi connectivity index (χ0) is 25.0. The topological polar surface area (TPSA) is 17.3 Å². The van der Waals surface area contributed by atoms with Crippen molar-refractivity contribution >= 4 is 28.8 Å². The maximum atomic E-state index is 4.74. The molecule has 0 spiro atoms. The SMILES string of the molecule is CC1(C)c2ccccc2C2=c3c(c4ccccc4n3-c3cccc(C=NCc4ccccc4)c3)=CCC21. The molecule has 2 nitrogen and oxygen atoms in total. The van der Waals surface area contributed by atoms with E-state index in [1.165, 1.54) is 49.4 Å². The molecule has 1 atom stereocenters. The summed E-state index contributed by atoms with van der Waals surface area (Å²) in [6.07, 6.45) is 5.57. The van der Waals surface area contributed by atoms with Gasteiger partial charge in [-0.15, -0.1) is 0 Å². The van der Waals surface area contributed by atoms with E-state index in [0.29, 0.717) is 12.5 Å². The van der Waals surface area contributed by atoms with E-state index in [1.807, 2.05) is 12.3 Å². The molecule has 2 aliphatic carbocycles. The predicted octanol–water partition coefficient (Wildman–Crippen LogP) is 6.54. The van der Waals surface area contributed by atoms with Crippen molar-refractivity contribution in [1.29, 1.82) is 0 Å². The minimum atomic E-state index is 0.105. The lowest BCUT2D eigenvalue weighted by atomic mass is 9.74. The number of aromatic nitrogens is 1. The summed E-state index contributed by atoms with van der Waals surface area (Å²) in [6, 6.07) is 37.1. The highest BCUT2D eigenvalue weighted by atomic mass is 15.0. The van der Waals surface area contributed by atoms with Crippen molar-refractivity contribution in [3.05, 3.63) is 136 Å². The average molecular weight is 479 g/mol. The van der Waals surface area contributed by atoms with Crippen molar-refractivity contribution in [3.63, 3.8) is 0 Å². The minimum Gasteiger partial charge on any atom is -0.309 e. The van der Waals surface area contributed by atoms with Gasteiger partial charge >= 0.3 is 0 Å². The summed E-state index contributed by atoms with van der Waals surface area (Å²) in [4.78, 5) is 4.74. The molecular weight excluding hydrogens is 448 g/mol. The molecule has 5 aromatic rings. The third-order valence-corrected chi connectivity index (χ3v) is 8.34. The molecule has 0 N–H and O–H groups in total. The lowest BCUT2D eigenvalue weighted by Gasteiger charge is -2.29. The van der Waals surface area contributed by atoms with Gasteiger partial charge in [0.15, 0.2) is 0 Å². The Labute approximate surface area is 217 Å². The van der Waals surface area contributed by atoms with Crippen LogP contribution in [0.1, 0.15) is 42.5 Å². The van der Waals surface area contributed by atoms with Crippen LogP contribution in [0.2, 0.25) is 0 Å². The Morgan fingerprint density at radius 2 is 1.65 bits per heavy atom. The summed E-state index contributed by atoms with van der Waals surface area (Å²) in [7, 11) is 0. The molecule has 2 heteroatoms. The number of hydrogen-bond donors (Lipinski definition) is 0. The van der Waals surface area contributed by atoms with E-state index in [0.717, 1.165) is 12.0 Å². The second-order valence-corrected chi connectivity index (χ2v) is 10.8. The Morgan fingerprint density at radius 3 is 2.54 bits per heavy atom. The van der Waals surface area contributed by atoms with E-state index in [4.69, 9.17) is 4.99 Å². The summed E-state index contributed by atoms with van der Waals surface area (Å²) in [6.45, 7) is 5.52. The van der Waals surface area contributed by atoms with Crippen LogP contribution in [0, 0.1) is 5.92 Å². The summed E-state index contributed by atoms with van der Waals surface area (Å²) in [5.41, 5.74) is 9.27. The molecule has 4 aromatic carbocycles. The van der Waals surface area contributed by atoms with Crippen molar-refractivity contribution in [2.75, 3.05) is 0 Å². The van der Waals surface area contributed by atoms with Gasteiger partial charge in [-0.05, 0) is 63.8 Å². The zero-order valence-corrected chi connectivity index (χ0v) is 21.4. The van der Waals surface area contributed by atoms with Crippen LogP contribution in [0.15, 0.2) is 108 Å². The van der Waals surface area contributed by atoms with Gasteiger partial charge in [0.2, 0.25) is 0 Å². The van der Waals surface area contributed by atoms with Gasteiger partial charge < -0.3 is 4.57 Å². The Hall–Kier alpha value is -4.17. The molecule has 1 aromatic heterocycles. The second-order valence-electron chi connectivity index (χ2n) is 10.8. The van der Waals surface area contributed by atoms with Crippen LogP contribution in [-0.4, -0.2) is 10.8 Å². The molecule has 2 aliphatic rings. The summed E-state index contributed by atoms with van der Waals surface area (Å²) in [5.74, 6) is 0.469. The van der Waals surface area contributed by atoms with Crippen molar-refractivity contribution < 1.29 is 0 Å². The van der Waals surface area contributed by atoms with E-state index in [2.05, 4.69) is 122 Å². The molecule has 0 amide bonds.